The van der Waals surface area contributed by atoms with Crippen molar-refractivity contribution >= 4 is 45.9 Å². The van der Waals surface area contributed by atoms with Crippen molar-refractivity contribution < 1.29 is 8.94 Å². The molecule has 0 radical (unpaired) electrons. The molecule has 1 aliphatic rings. The smallest absolute Gasteiger partial charge is 0.228 e. The Morgan fingerprint density at radius 2 is 1.94 bits per heavy atom. The lowest BCUT2D eigenvalue weighted by Crippen LogP contribution is -2.52. The largest absolute Gasteiger partial charge is 0.611 e. The fourth-order valence-electron chi connectivity index (χ4n) is 4.02. The van der Waals surface area contributed by atoms with Crippen molar-refractivity contribution in [3.8, 4) is 0 Å². The number of aromatic nitrogens is 2. The van der Waals surface area contributed by atoms with Crippen molar-refractivity contribution in [2.45, 2.75) is 31.7 Å². The van der Waals surface area contributed by atoms with E-state index in [-0.39, 0.29) is 11.9 Å². The van der Waals surface area contributed by atoms with E-state index in [1.807, 2.05) is 38.1 Å². The first-order valence-electron chi connectivity index (χ1n) is 10.9. The molecule has 2 aromatic carbocycles. The summed E-state index contributed by atoms with van der Waals surface area (Å²) in [5.41, 5.74) is 2.34. The highest BCUT2D eigenvalue weighted by Gasteiger charge is 2.29. The molecule has 2 atom stereocenters. The Kier molecular flexibility index (Phi) is 7.26. The minimum Gasteiger partial charge on any atom is -0.611 e. The van der Waals surface area contributed by atoms with Crippen LogP contribution in [0, 0.1) is 12.7 Å². The van der Waals surface area contributed by atoms with E-state index < -0.39 is 11.2 Å². The second kappa shape index (κ2) is 10.2. The molecule has 1 aromatic heterocycles. The lowest BCUT2D eigenvalue weighted by Gasteiger charge is -2.41. The number of rotatable bonds is 6. The van der Waals surface area contributed by atoms with Crippen LogP contribution < -0.4 is 15.1 Å². The van der Waals surface area contributed by atoms with E-state index in [4.69, 9.17) is 21.6 Å². The minimum absolute atomic E-state index is 0.151. The van der Waals surface area contributed by atoms with Gasteiger partial charge in [-0.25, -0.2) is 9.37 Å². The van der Waals surface area contributed by atoms with E-state index in [1.54, 1.807) is 12.1 Å². The molecule has 1 fully saturated rings. The van der Waals surface area contributed by atoms with Gasteiger partial charge in [0.15, 0.2) is 5.82 Å². The number of aryl methyl sites for hydroxylation is 1. The molecule has 0 saturated carbocycles. The Morgan fingerprint density at radius 1 is 1.18 bits per heavy atom. The second-order valence-electron chi connectivity index (χ2n) is 8.02. The summed E-state index contributed by atoms with van der Waals surface area (Å²) in [7, 11) is 0. The van der Waals surface area contributed by atoms with Crippen molar-refractivity contribution in [2.75, 3.05) is 40.5 Å². The molecule has 6 nitrogen and oxygen atoms in total. The molecule has 9 heteroatoms. The fraction of sp³-hybridized carbons (Fsp3) is 0.333. The van der Waals surface area contributed by atoms with Gasteiger partial charge in [0.2, 0.25) is 10.8 Å². The topological polar surface area (TPSA) is 67.4 Å². The first kappa shape index (κ1) is 23.6. The van der Waals surface area contributed by atoms with Crippen LogP contribution >= 0.6 is 11.6 Å². The Hall–Kier alpha value is -2.55. The van der Waals surface area contributed by atoms with E-state index in [0.717, 1.165) is 30.3 Å². The second-order valence-corrected chi connectivity index (χ2v) is 10.1. The Labute approximate surface area is 202 Å². The van der Waals surface area contributed by atoms with Gasteiger partial charge in [-0.05, 0) is 74.4 Å². The van der Waals surface area contributed by atoms with E-state index in [0.29, 0.717) is 33.8 Å². The molecule has 1 saturated heterocycles. The monoisotopic (exact) mass is 487 g/mol. The Bertz CT molecular complexity index is 1120. The van der Waals surface area contributed by atoms with Crippen LogP contribution in [-0.4, -0.2) is 45.9 Å². The Morgan fingerprint density at radius 3 is 2.61 bits per heavy atom. The number of benzene rings is 2. The SMILES string of the molecule is CC[S+]([O-])c1c(C)nc(N2CCN(c3ccc(Cl)cc3)C[C@@H]2C)nc1Nc1cccc(F)c1. The summed E-state index contributed by atoms with van der Waals surface area (Å²) in [6.45, 7) is 8.19. The molecule has 0 spiro atoms. The summed E-state index contributed by atoms with van der Waals surface area (Å²) in [6.07, 6.45) is 0. The van der Waals surface area contributed by atoms with E-state index >= 15 is 0 Å². The van der Waals surface area contributed by atoms with Gasteiger partial charge < -0.3 is 19.7 Å². The summed E-state index contributed by atoms with van der Waals surface area (Å²) in [5.74, 6) is 1.12. The molecule has 0 bridgehead atoms. The number of piperazine rings is 1. The third kappa shape index (κ3) is 5.34. The van der Waals surface area contributed by atoms with Gasteiger partial charge in [-0.1, -0.05) is 17.7 Å². The minimum atomic E-state index is -1.27. The summed E-state index contributed by atoms with van der Waals surface area (Å²) >= 11 is 4.77. The summed E-state index contributed by atoms with van der Waals surface area (Å²) in [5, 5.41) is 3.89. The van der Waals surface area contributed by atoms with Crippen LogP contribution in [0.1, 0.15) is 19.5 Å². The van der Waals surface area contributed by atoms with Crippen molar-refractivity contribution in [1.29, 1.82) is 0 Å². The number of nitrogens with zero attached hydrogens (tertiary/aromatic N) is 4. The first-order valence-corrected chi connectivity index (χ1v) is 12.6. The summed E-state index contributed by atoms with van der Waals surface area (Å²) in [4.78, 5) is 14.5. The highest BCUT2D eigenvalue weighted by molar-refractivity contribution is 7.91. The van der Waals surface area contributed by atoms with Crippen LogP contribution in [-0.2, 0) is 11.2 Å². The average molecular weight is 488 g/mol. The lowest BCUT2D eigenvalue weighted by molar-refractivity contribution is 0.539. The molecular formula is C24H27ClFN5OS. The van der Waals surface area contributed by atoms with Crippen molar-refractivity contribution in [3.05, 3.63) is 65.1 Å². The molecule has 0 aliphatic carbocycles. The lowest BCUT2D eigenvalue weighted by atomic mass is 10.1. The molecular weight excluding hydrogens is 461 g/mol. The summed E-state index contributed by atoms with van der Waals surface area (Å²) in [6, 6.07) is 14.2. The van der Waals surface area contributed by atoms with Crippen LogP contribution in [0.3, 0.4) is 0 Å². The van der Waals surface area contributed by atoms with Gasteiger partial charge in [-0.15, -0.1) is 0 Å². The normalized spacial score (nSPS) is 17.2. The molecule has 0 amide bonds. The van der Waals surface area contributed by atoms with Gasteiger partial charge in [-0.2, -0.15) is 4.98 Å². The number of anilines is 4. The maximum atomic E-state index is 13.7. The number of hydrogen-bond donors (Lipinski definition) is 1. The highest BCUT2D eigenvalue weighted by atomic mass is 35.5. The zero-order valence-corrected chi connectivity index (χ0v) is 20.5. The van der Waals surface area contributed by atoms with Gasteiger partial charge in [0, 0.05) is 42.1 Å². The molecule has 1 unspecified atom stereocenters. The van der Waals surface area contributed by atoms with Gasteiger partial charge in [0.25, 0.3) is 0 Å². The number of halogens is 2. The first-order chi connectivity index (χ1) is 15.9. The van der Waals surface area contributed by atoms with Crippen LogP contribution in [0.15, 0.2) is 53.4 Å². The third-order valence-electron chi connectivity index (χ3n) is 5.68. The van der Waals surface area contributed by atoms with Gasteiger partial charge in [0.05, 0.1) is 0 Å². The van der Waals surface area contributed by atoms with Gasteiger partial charge >= 0.3 is 0 Å². The fourth-order valence-corrected chi connectivity index (χ4v) is 5.12. The van der Waals surface area contributed by atoms with E-state index in [1.165, 1.54) is 12.1 Å². The summed E-state index contributed by atoms with van der Waals surface area (Å²) < 4.78 is 26.5. The molecule has 3 aromatic rings. The molecule has 1 aliphatic heterocycles. The average Bonchev–Trinajstić information content (AvgIpc) is 2.79. The van der Waals surface area contributed by atoms with Gasteiger partial charge in [0.1, 0.15) is 17.3 Å². The predicted octanol–water partition coefficient (Wildman–Crippen LogP) is 5.16. The van der Waals surface area contributed by atoms with Gasteiger partial charge in [-0.3, -0.25) is 0 Å². The van der Waals surface area contributed by atoms with Crippen LogP contribution in [0.4, 0.5) is 27.5 Å². The van der Waals surface area contributed by atoms with Crippen LogP contribution in [0.25, 0.3) is 0 Å². The molecule has 1 N–H and O–H groups in total. The number of nitrogens with one attached hydrogen (secondary N) is 1. The zero-order chi connectivity index (χ0) is 23.5. The van der Waals surface area contributed by atoms with Crippen LogP contribution in [0.5, 0.6) is 0 Å². The van der Waals surface area contributed by atoms with Crippen molar-refractivity contribution in [3.63, 3.8) is 0 Å². The predicted molar refractivity (Wildman–Crippen MR) is 134 cm³/mol. The molecule has 174 valence electrons. The number of hydrogen-bond acceptors (Lipinski definition) is 6. The molecule has 2 heterocycles. The quantitative estimate of drug-likeness (QED) is 0.484. The zero-order valence-electron chi connectivity index (χ0n) is 18.9. The van der Waals surface area contributed by atoms with Crippen LogP contribution in [0.2, 0.25) is 5.02 Å². The third-order valence-corrected chi connectivity index (χ3v) is 7.40. The molecule has 33 heavy (non-hydrogen) atoms. The Balaban J connectivity index is 1.62. The van der Waals surface area contributed by atoms with Crippen molar-refractivity contribution in [1.82, 2.24) is 9.97 Å². The molecule has 4 rings (SSSR count). The van der Waals surface area contributed by atoms with Crippen molar-refractivity contribution in [2.24, 2.45) is 0 Å². The maximum Gasteiger partial charge on any atom is 0.228 e. The maximum absolute atomic E-state index is 13.7. The van der Waals surface area contributed by atoms with E-state index in [2.05, 4.69) is 22.0 Å². The standard InChI is InChI=1S/C24H27ClFN5OS/c1-4-33(32)22-17(3)27-24(29-23(22)28-20-7-5-6-19(26)14-20)31-13-12-30(15-16(31)2)21-10-8-18(25)9-11-21/h5-11,14,16H,4,12-13,15H2,1-3H3,(H,27,28,29)/t16-,33?/m0/s1. The van der Waals surface area contributed by atoms with E-state index in [9.17, 15) is 8.94 Å². The highest BCUT2D eigenvalue weighted by Crippen LogP contribution is 2.31.